The van der Waals surface area contributed by atoms with Crippen molar-refractivity contribution < 1.29 is 14.6 Å². The van der Waals surface area contributed by atoms with E-state index in [9.17, 15) is 9.90 Å². The van der Waals surface area contributed by atoms with Gasteiger partial charge in [-0.05, 0) is 85.3 Å². The van der Waals surface area contributed by atoms with Gasteiger partial charge in [0.15, 0.2) is 5.04 Å². The highest BCUT2D eigenvalue weighted by atomic mass is 32.2. The van der Waals surface area contributed by atoms with Gasteiger partial charge < -0.3 is 19.6 Å². The minimum Gasteiger partial charge on any atom is -0.476 e. The zero-order chi connectivity index (χ0) is 26.9. The third-order valence-corrected chi connectivity index (χ3v) is 10.8. The Hall–Kier alpha value is -2.09. The number of likely N-dealkylation sites (tertiary alicyclic amines) is 1. The van der Waals surface area contributed by atoms with E-state index >= 15 is 0 Å². The molecule has 1 saturated heterocycles. The number of hydrogen-bond donors (Lipinski definition) is 1. The van der Waals surface area contributed by atoms with E-state index in [1.807, 2.05) is 0 Å². The number of carbonyl (C=O) groups is 1. The molecule has 0 aromatic heterocycles. The molecule has 1 unspecified atom stereocenters. The Bertz CT molecular complexity index is 1190. The van der Waals surface area contributed by atoms with Gasteiger partial charge in [-0.2, -0.15) is 0 Å². The lowest BCUT2D eigenvalue weighted by Gasteiger charge is -2.34. The molecule has 6 aliphatic rings. The van der Waals surface area contributed by atoms with Crippen molar-refractivity contribution in [1.29, 1.82) is 0 Å². The first-order chi connectivity index (χ1) is 19.0. The first-order valence-electron chi connectivity index (χ1n) is 15.0. The van der Waals surface area contributed by atoms with Gasteiger partial charge in [-0.15, -0.1) is 0 Å². The minimum absolute atomic E-state index is 0.241. The molecule has 0 radical (unpaired) electrons. The number of rotatable bonds is 8. The molecular formula is C32H43N3O3S. The van der Waals surface area contributed by atoms with E-state index in [1.165, 1.54) is 102 Å². The maximum atomic E-state index is 12.0. The summed E-state index contributed by atoms with van der Waals surface area (Å²) in [5, 5.41) is 10.1. The molecule has 0 aromatic rings. The zero-order valence-electron chi connectivity index (χ0n) is 23.6. The molecule has 0 spiro atoms. The second-order valence-electron chi connectivity index (χ2n) is 12.2. The molecule has 0 bridgehead atoms. The van der Waals surface area contributed by atoms with Crippen LogP contribution in [0.3, 0.4) is 0 Å². The van der Waals surface area contributed by atoms with Crippen molar-refractivity contribution in [3.8, 4) is 0 Å². The van der Waals surface area contributed by atoms with Crippen LogP contribution >= 0.6 is 11.8 Å². The van der Waals surface area contributed by atoms with Gasteiger partial charge in [-0.3, -0.25) is 4.99 Å². The minimum atomic E-state index is -0.903. The number of nitrogens with zero attached hydrogens (tertiary/aromatic N) is 3. The number of hydrogen-bond acceptors (Lipinski definition) is 6. The second-order valence-corrected chi connectivity index (χ2v) is 13.2. The Morgan fingerprint density at radius 1 is 1.13 bits per heavy atom. The first-order valence-corrected chi connectivity index (χ1v) is 15.8. The highest BCUT2D eigenvalue weighted by molar-refractivity contribution is 8.19. The Balaban J connectivity index is 1.32. The second kappa shape index (κ2) is 11.8. The molecule has 7 heteroatoms. The molecule has 2 atom stereocenters. The molecule has 2 fully saturated rings. The van der Waals surface area contributed by atoms with E-state index in [0.717, 1.165) is 45.1 Å². The highest BCUT2D eigenvalue weighted by Gasteiger charge is 2.44. The predicted molar refractivity (Wildman–Crippen MR) is 159 cm³/mol. The summed E-state index contributed by atoms with van der Waals surface area (Å²) >= 11 is 1.41. The van der Waals surface area contributed by atoms with Crippen LogP contribution in [-0.4, -0.2) is 78.9 Å². The van der Waals surface area contributed by atoms with Crippen LogP contribution in [0.2, 0.25) is 0 Å². The summed E-state index contributed by atoms with van der Waals surface area (Å²) < 4.78 is 5.35. The molecule has 6 nitrogen and oxygen atoms in total. The summed E-state index contributed by atoms with van der Waals surface area (Å²) in [7, 11) is 1.80. The van der Waals surface area contributed by atoms with E-state index < -0.39 is 5.97 Å². The van der Waals surface area contributed by atoms with Crippen molar-refractivity contribution in [3.05, 3.63) is 56.7 Å². The number of aliphatic imine (C=N–C) groups is 1. The standard InChI is InChI=1S/C32H43N3O3S/c1-21-10-11-25-27(21)26-20-35(15-14-34-13-6-7-22(18-34)12-16-38-2)19-24-17-33-31(32(36)37)39-30(24)29(26)28(25)23-8-4-3-5-9-23/h10-11,20,22-23,27H,3-9,12-19H2,1-2H3,(H,36,37)/t22-,27?/m0/s1. The summed E-state index contributed by atoms with van der Waals surface area (Å²) in [6.07, 6.45) is 17.3. The molecule has 3 aliphatic heterocycles. The van der Waals surface area contributed by atoms with E-state index in [4.69, 9.17) is 4.74 Å². The Kier molecular flexibility index (Phi) is 8.20. The number of carboxylic acid groups (broad SMARTS) is 1. The van der Waals surface area contributed by atoms with Gasteiger partial charge in [0, 0.05) is 56.9 Å². The van der Waals surface area contributed by atoms with Crippen LogP contribution < -0.4 is 0 Å². The smallest absolute Gasteiger partial charge is 0.361 e. The van der Waals surface area contributed by atoms with E-state index in [2.05, 4.69) is 40.1 Å². The van der Waals surface area contributed by atoms with Crippen LogP contribution in [-0.2, 0) is 9.53 Å². The summed E-state index contributed by atoms with van der Waals surface area (Å²) in [6, 6.07) is 0. The highest BCUT2D eigenvalue weighted by Crippen LogP contribution is 2.57. The van der Waals surface area contributed by atoms with Crippen LogP contribution in [0.25, 0.3) is 0 Å². The fourth-order valence-electron chi connectivity index (χ4n) is 7.66. The summed E-state index contributed by atoms with van der Waals surface area (Å²) in [6.45, 7) is 8.83. The maximum absolute atomic E-state index is 12.0. The largest absolute Gasteiger partial charge is 0.476 e. The quantitative estimate of drug-likeness (QED) is 0.412. The SMILES string of the molecule is COCC[C@@H]1CCCN(CCN2C=C3C(=C(C4CCCCC4)C4=CC=C(C)C34)C3=C(CN=C(C(=O)O)S3)C2)C1. The molecule has 1 N–H and O–H groups in total. The molecular weight excluding hydrogens is 506 g/mol. The lowest BCUT2D eigenvalue weighted by Crippen LogP contribution is -2.40. The van der Waals surface area contributed by atoms with Crippen molar-refractivity contribution in [2.45, 2.75) is 58.3 Å². The lowest BCUT2D eigenvalue weighted by molar-refractivity contribution is -0.129. The predicted octanol–water partition coefficient (Wildman–Crippen LogP) is 5.81. The first kappa shape index (κ1) is 27.1. The van der Waals surface area contributed by atoms with Gasteiger partial charge in [0.05, 0.1) is 6.54 Å². The maximum Gasteiger partial charge on any atom is 0.361 e. The molecule has 6 rings (SSSR count). The zero-order valence-corrected chi connectivity index (χ0v) is 24.4. The third kappa shape index (κ3) is 5.47. The van der Waals surface area contributed by atoms with Gasteiger partial charge in [-0.1, -0.05) is 48.7 Å². The van der Waals surface area contributed by atoms with Crippen LogP contribution in [0.4, 0.5) is 0 Å². The molecule has 0 amide bonds. The Morgan fingerprint density at radius 3 is 2.77 bits per heavy atom. The van der Waals surface area contributed by atoms with Gasteiger partial charge in [-0.25, -0.2) is 4.79 Å². The van der Waals surface area contributed by atoms with Gasteiger partial charge in [0.25, 0.3) is 0 Å². The van der Waals surface area contributed by atoms with Crippen molar-refractivity contribution >= 4 is 22.8 Å². The number of carboxylic acids is 1. The number of fused-ring (bicyclic) bond motifs is 4. The molecule has 210 valence electrons. The molecule has 39 heavy (non-hydrogen) atoms. The third-order valence-electron chi connectivity index (χ3n) is 9.58. The van der Waals surface area contributed by atoms with E-state index in [0.29, 0.717) is 18.4 Å². The average molecular weight is 550 g/mol. The van der Waals surface area contributed by atoms with Crippen molar-refractivity contribution in [2.24, 2.45) is 22.7 Å². The number of methoxy groups -OCH3 is 1. The molecule has 1 saturated carbocycles. The van der Waals surface area contributed by atoms with Crippen LogP contribution in [0, 0.1) is 17.8 Å². The van der Waals surface area contributed by atoms with Crippen molar-refractivity contribution in [3.63, 3.8) is 0 Å². The van der Waals surface area contributed by atoms with Crippen molar-refractivity contribution in [1.82, 2.24) is 9.80 Å². The summed E-state index contributed by atoms with van der Waals surface area (Å²) in [4.78, 5) is 22.9. The Morgan fingerprint density at radius 2 is 1.97 bits per heavy atom. The fraction of sp³-hybridized carbons (Fsp3) is 0.625. The molecule has 3 aliphatic carbocycles. The lowest BCUT2D eigenvalue weighted by atomic mass is 9.80. The van der Waals surface area contributed by atoms with Gasteiger partial charge in [0.2, 0.25) is 0 Å². The normalized spacial score (nSPS) is 27.9. The monoisotopic (exact) mass is 549 g/mol. The van der Waals surface area contributed by atoms with Crippen LogP contribution in [0.1, 0.15) is 58.3 Å². The molecule has 3 heterocycles. The van der Waals surface area contributed by atoms with E-state index in [1.54, 1.807) is 7.11 Å². The topological polar surface area (TPSA) is 65.4 Å². The van der Waals surface area contributed by atoms with Gasteiger partial charge >= 0.3 is 5.97 Å². The number of thioether (sulfide) groups is 1. The number of piperidine rings is 1. The van der Waals surface area contributed by atoms with Crippen molar-refractivity contribution in [2.75, 3.05) is 53.0 Å². The number of allylic oxidation sites excluding steroid dienone is 7. The van der Waals surface area contributed by atoms with Gasteiger partial charge in [0.1, 0.15) is 0 Å². The van der Waals surface area contributed by atoms with E-state index in [-0.39, 0.29) is 5.04 Å². The average Bonchev–Trinajstić information content (AvgIpc) is 3.43. The fourth-order valence-corrected chi connectivity index (χ4v) is 8.67. The van der Waals surface area contributed by atoms with Crippen LogP contribution in [0.15, 0.2) is 61.7 Å². The summed E-state index contributed by atoms with van der Waals surface area (Å²) in [5.74, 6) is 0.709. The molecule has 0 aromatic carbocycles. The number of aliphatic carboxylic acids is 1. The van der Waals surface area contributed by atoms with Crippen LogP contribution in [0.5, 0.6) is 0 Å². The Labute approximate surface area is 237 Å². The number of ether oxygens (including phenoxy) is 1. The summed E-state index contributed by atoms with van der Waals surface area (Å²) in [5.41, 5.74) is 8.45.